The highest BCUT2D eigenvalue weighted by atomic mass is 16.6. The number of amides is 1. The van der Waals surface area contributed by atoms with Gasteiger partial charge >= 0.3 is 0 Å². The number of benzene rings is 1. The lowest BCUT2D eigenvalue weighted by atomic mass is 9.85. The summed E-state index contributed by atoms with van der Waals surface area (Å²) < 4.78 is 2.34. The van der Waals surface area contributed by atoms with Gasteiger partial charge in [0.15, 0.2) is 0 Å². The van der Waals surface area contributed by atoms with Crippen LogP contribution in [0.4, 0.5) is 5.69 Å². The smallest absolute Gasteiger partial charge is 0.273 e. The van der Waals surface area contributed by atoms with Crippen LogP contribution in [-0.2, 0) is 18.3 Å². The number of imidazole rings is 1. The molecule has 1 aromatic carbocycles. The highest BCUT2D eigenvalue weighted by molar-refractivity contribution is 5.95. The minimum atomic E-state index is -0.384. The average molecular weight is 411 g/mol. The number of carbonyl (C=O) groups is 1. The highest BCUT2D eigenvalue weighted by Gasteiger charge is 2.33. The molecule has 1 fully saturated rings. The molecule has 160 valence electrons. The fraction of sp³-hybridized carbons (Fsp3) is 0.565. The van der Waals surface area contributed by atoms with Gasteiger partial charge in [0.1, 0.15) is 5.82 Å². The molecule has 2 aromatic rings. The molecule has 0 unspecified atom stereocenters. The summed E-state index contributed by atoms with van der Waals surface area (Å²) in [6.07, 6.45) is 5.38. The average Bonchev–Trinajstić information content (AvgIpc) is 3.29. The third-order valence-electron chi connectivity index (χ3n) is 6.41. The van der Waals surface area contributed by atoms with Gasteiger partial charge in [-0.25, -0.2) is 4.98 Å². The van der Waals surface area contributed by atoms with Crippen molar-refractivity contribution in [3.63, 3.8) is 0 Å². The molecule has 0 N–H and O–H groups in total. The number of hydrogen-bond acceptors (Lipinski definition) is 4. The first-order valence-electron chi connectivity index (χ1n) is 10.8. The number of fused-ring (bicyclic) bond motifs is 1. The van der Waals surface area contributed by atoms with Crippen LogP contribution in [0.1, 0.15) is 79.2 Å². The number of rotatable bonds is 3. The zero-order chi connectivity index (χ0) is 21.6. The van der Waals surface area contributed by atoms with Gasteiger partial charge in [0.05, 0.1) is 16.7 Å². The monoisotopic (exact) mass is 410 g/mol. The molecular formula is C23H30N4O3. The van der Waals surface area contributed by atoms with Crippen LogP contribution in [0.15, 0.2) is 18.2 Å². The fourth-order valence-electron chi connectivity index (χ4n) is 4.95. The van der Waals surface area contributed by atoms with Gasteiger partial charge in [-0.05, 0) is 50.5 Å². The molecular weight excluding hydrogens is 380 g/mol. The molecule has 0 radical (unpaired) electrons. The van der Waals surface area contributed by atoms with Crippen LogP contribution in [0.2, 0.25) is 0 Å². The molecule has 4 rings (SSSR count). The van der Waals surface area contributed by atoms with Crippen molar-refractivity contribution in [1.82, 2.24) is 14.5 Å². The van der Waals surface area contributed by atoms with E-state index in [2.05, 4.69) is 11.5 Å². The topological polar surface area (TPSA) is 81.3 Å². The molecule has 30 heavy (non-hydrogen) atoms. The lowest BCUT2D eigenvalue weighted by Crippen LogP contribution is -2.30. The van der Waals surface area contributed by atoms with Gasteiger partial charge in [0.2, 0.25) is 0 Å². The van der Waals surface area contributed by atoms with Crippen molar-refractivity contribution in [1.29, 1.82) is 0 Å². The second-order valence-electron chi connectivity index (χ2n) is 9.56. The molecule has 1 amide bonds. The maximum absolute atomic E-state index is 13.2. The lowest BCUT2D eigenvalue weighted by molar-refractivity contribution is -0.386. The molecule has 0 spiro atoms. The first-order chi connectivity index (χ1) is 14.2. The summed E-state index contributed by atoms with van der Waals surface area (Å²) in [5.41, 5.74) is 3.24. The van der Waals surface area contributed by atoms with Gasteiger partial charge in [0.25, 0.3) is 11.6 Å². The van der Waals surface area contributed by atoms with E-state index in [1.54, 1.807) is 12.1 Å². The Hall–Kier alpha value is -2.70. The minimum Gasteiger partial charge on any atom is -0.336 e. The van der Waals surface area contributed by atoms with Gasteiger partial charge in [-0.1, -0.05) is 26.8 Å². The Balaban J connectivity index is 1.57. The summed E-state index contributed by atoms with van der Waals surface area (Å²) in [5.74, 6) is 0.902. The van der Waals surface area contributed by atoms with Crippen molar-refractivity contribution < 1.29 is 9.72 Å². The van der Waals surface area contributed by atoms with Crippen LogP contribution in [0.25, 0.3) is 0 Å². The van der Waals surface area contributed by atoms with Crippen molar-refractivity contribution in [2.24, 2.45) is 0 Å². The van der Waals surface area contributed by atoms with Crippen molar-refractivity contribution in [2.75, 3.05) is 13.1 Å². The Morgan fingerprint density at radius 2 is 1.97 bits per heavy atom. The van der Waals surface area contributed by atoms with Gasteiger partial charge < -0.3 is 9.47 Å². The Morgan fingerprint density at radius 1 is 1.23 bits per heavy atom. The van der Waals surface area contributed by atoms with E-state index in [-0.39, 0.29) is 28.0 Å². The van der Waals surface area contributed by atoms with Crippen LogP contribution in [-0.4, -0.2) is 38.4 Å². The molecule has 1 aliphatic carbocycles. The van der Waals surface area contributed by atoms with E-state index in [9.17, 15) is 14.9 Å². The molecule has 2 aliphatic rings. The SMILES string of the molecule is Cc1nc2c(n1[C@@H]1CCN(C(=O)c3ccc(C(C)(C)C)c([N+](=O)[O-])c3)C1)CCCC2. The first kappa shape index (κ1) is 20.6. The van der Waals surface area contributed by atoms with E-state index in [0.717, 1.165) is 25.1 Å². The molecule has 0 bridgehead atoms. The predicted molar refractivity (Wildman–Crippen MR) is 115 cm³/mol. The van der Waals surface area contributed by atoms with Gasteiger partial charge in [-0.2, -0.15) is 0 Å². The molecule has 7 nitrogen and oxygen atoms in total. The van der Waals surface area contributed by atoms with Crippen molar-refractivity contribution in [3.8, 4) is 0 Å². The van der Waals surface area contributed by atoms with Crippen molar-refractivity contribution >= 4 is 11.6 Å². The van der Waals surface area contributed by atoms with Crippen LogP contribution >= 0.6 is 0 Å². The maximum Gasteiger partial charge on any atom is 0.273 e. The number of hydrogen-bond donors (Lipinski definition) is 0. The van der Waals surface area contributed by atoms with Crippen molar-refractivity contribution in [2.45, 2.75) is 71.3 Å². The zero-order valence-electron chi connectivity index (χ0n) is 18.3. The molecule has 0 saturated carbocycles. The third kappa shape index (κ3) is 3.61. The highest BCUT2D eigenvalue weighted by Crippen LogP contribution is 2.34. The standard InChI is InChI=1S/C23H30N4O3/c1-15-24-19-7-5-6-8-20(19)26(15)17-11-12-25(14-17)22(28)16-9-10-18(23(2,3)4)21(13-16)27(29)30/h9-10,13,17H,5-8,11-12,14H2,1-4H3/t17-/m1/s1. The predicted octanol–water partition coefficient (Wildman–Crippen LogP) is 4.36. The third-order valence-corrected chi connectivity index (χ3v) is 6.41. The normalized spacial score (nSPS) is 19.1. The van der Waals surface area contributed by atoms with Crippen LogP contribution < -0.4 is 0 Å². The van der Waals surface area contributed by atoms with Crippen molar-refractivity contribution in [3.05, 3.63) is 56.7 Å². The molecule has 1 aromatic heterocycles. The number of nitro groups is 1. The minimum absolute atomic E-state index is 0.0172. The number of nitrogens with zero attached hydrogens (tertiary/aromatic N) is 4. The Labute approximate surface area is 177 Å². The van der Waals surface area contributed by atoms with Gasteiger partial charge in [0, 0.05) is 36.0 Å². The second kappa shape index (κ2) is 7.52. The summed E-state index contributed by atoms with van der Waals surface area (Å²) in [6.45, 7) is 9.15. The van der Waals surface area contributed by atoms with E-state index in [0.29, 0.717) is 24.2 Å². The molecule has 1 atom stereocenters. The molecule has 2 heterocycles. The van der Waals surface area contributed by atoms with E-state index < -0.39 is 0 Å². The second-order valence-corrected chi connectivity index (χ2v) is 9.56. The Bertz CT molecular complexity index is 1000. The van der Waals surface area contributed by atoms with E-state index in [4.69, 9.17) is 4.98 Å². The van der Waals surface area contributed by atoms with E-state index >= 15 is 0 Å². The van der Waals surface area contributed by atoms with Crippen LogP contribution in [0, 0.1) is 17.0 Å². The Morgan fingerprint density at radius 3 is 2.67 bits per heavy atom. The fourth-order valence-corrected chi connectivity index (χ4v) is 4.95. The summed E-state index contributed by atoms with van der Waals surface area (Å²) >= 11 is 0. The van der Waals surface area contributed by atoms with Gasteiger partial charge in [-0.15, -0.1) is 0 Å². The zero-order valence-corrected chi connectivity index (χ0v) is 18.3. The number of nitro benzene ring substituents is 1. The largest absolute Gasteiger partial charge is 0.336 e. The van der Waals surface area contributed by atoms with E-state index in [1.165, 1.54) is 30.3 Å². The van der Waals surface area contributed by atoms with Gasteiger partial charge in [-0.3, -0.25) is 14.9 Å². The van der Waals surface area contributed by atoms with Crippen LogP contribution in [0.3, 0.4) is 0 Å². The summed E-state index contributed by atoms with van der Waals surface area (Å²) in [4.78, 5) is 31.0. The lowest BCUT2D eigenvalue weighted by Gasteiger charge is -2.22. The quantitative estimate of drug-likeness (QED) is 0.556. The summed E-state index contributed by atoms with van der Waals surface area (Å²) in [5, 5.41) is 11.6. The number of aromatic nitrogens is 2. The van der Waals surface area contributed by atoms with E-state index in [1.807, 2.05) is 25.7 Å². The number of carbonyl (C=O) groups excluding carboxylic acids is 1. The summed E-state index contributed by atoms with van der Waals surface area (Å²) in [6, 6.07) is 5.14. The van der Waals surface area contributed by atoms with Crippen LogP contribution in [0.5, 0.6) is 0 Å². The number of aryl methyl sites for hydroxylation is 2. The molecule has 7 heteroatoms. The number of likely N-dealkylation sites (tertiary alicyclic amines) is 1. The maximum atomic E-state index is 13.2. The Kier molecular flexibility index (Phi) is 5.16. The first-order valence-corrected chi connectivity index (χ1v) is 10.8. The molecule has 1 saturated heterocycles. The molecule has 1 aliphatic heterocycles. The summed E-state index contributed by atoms with van der Waals surface area (Å²) in [7, 11) is 0.